The van der Waals surface area contributed by atoms with Crippen LogP contribution in [0.15, 0.2) is 15.8 Å². The van der Waals surface area contributed by atoms with Crippen molar-refractivity contribution in [2.45, 2.75) is 38.4 Å². The van der Waals surface area contributed by atoms with Gasteiger partial charge in [0.05, 0.1) is 6.61 Å². The number of aryl methyl sites for hydroxylation is 1. The lowest BCUT2D eigenvalue weighted by Crippen LogP contribution is -2.40. The number of aliphatic hydroxyl groups excluding tert-OH is 1. The molecule has 1 aromatic rings. The van der Waals surface area contributed by atoms with Crippen molar-refractivity contribution in [3.05, 3.63) is 32.6 Å². The summed E-state index contributed by atoms with van der Waals surface area (Å²) in [4.78, 5) is 43.3. The van der Waals surface area contributed by atoms with E-state index in [4.69, 9.17) is 24.0 Å². The van der Waals surface area contributed by atoms with Crippen LogP contribution in [0.2, 0.25) is 0 Å². The molecular weight excluding hydrogens is 375 g/mol. The van der Waals surface area contributed by atoms with Crippen molar-refractivity contribution in [1.29, 1.82) is 0 Å². The zero-order valence-electron chi connectivity index (χ0n) is 14.1. The van der Waals surface area contributed by atoms with E-state index in [-0.39, 0.29) is 12.4 Å². The number of hydrogen-bond acceptors (Lipinski definition) is 8. The molecular formula is C13H21N2O10P. The van der Waals surface area contributed by atoms with Crippen molar-refractivity contribution in [3.8, 4) is 0 Å². The molecule has 0 saturated carbocycles. The molecule has 0 bridgehead atoms. The van der Waals surface area contributed by atoms with E-state index >= 15 is 0 Å². The van der Waals surface area contributed by atoms with Crippen molar-refractivity contribution >= 4 is 7.82 Å². The van der Waals surface area contributed by atoms with Crippen LogP contribution in [-0.2, 0) is 23.3 Å². The first-order valence-corrected chi connectivity index (χ1v) is 9.22. The minimum absolute atomic E-state index is 0.207. The van der Waals surface area contributed by atoms with Crippen molar-refractivity contribution in [2.75, 3.05) is 20.0 Å². The Balaban J connectivity index is 2.28. The predicted octanol–water partition coefficient (Wildman–Crippen LogP) is -1.41. The molecule has 0 unspecified atom stereocenters. The van der Waals surface area contributed by atoms with Gasteiger partial charge in [0.15, 0.2) is 6.23 Å². The fourth-order valence-electron chi connectivity index (χ4n) is 2.42. The number of rotatable bonds is 8. The Morgan fingerprint density at radius 3 is 2.69 bits per heavy atom. The molecule has 2 heterocycles. The number of phosphoric ester groups is 1. The highest BCUT2D eigenvalue weighted by Gasteiger charge is 2.46. The second-order valence-corrected chi connectivity index (χ2v) is 6.80. The highest BCUT2D eigenvalue weighted by molar-refractivity contribution is 7.46. The van der Waals surface area contributed by atoms with E-state index in [0.29, 0.717) is 6.61 Å². The van der Waals surface area contributed by atoms with Gasteiger partial charge in [0.2, 0.25) is 0 Å². The average Bonchev–Trinajstić information content (AvgIpc) is 2.85. The summed E-state index contributed by atoms with van der Waals surface area (Å²) in [6.07, 6.45) is -3.58. The van der Waals surface area contributed by atoms with Crippen LogP contribution in [0, 0.1) is 6.92 Å². The maximum absolute atomic E-state index is 12.1. The van der Waals surface area contributed by atoms with Crippen LogP contribution >= 0.6 is 7.82 Å². The van der Waals surface area contributed by atoms with Gasteiger partial charge in [0.25, 0.3) is 5.56 Å². The Kier molecular flexibility index (Phi) is 6.88. The first-order valence-electron chi connectivity index (χ1n) is 7.69. The van der Waals surface area contributed by atoms with Crippen LogP contribution in [0.3, 0.4) is 0 Å². The monoisotopic (exact) mass is 396 g/mol. The number of ether oxygens (including phenoxy) is 3. The Labute approximate surface area is 147 Å². The SMILES string of the molecule is CCOCO[C@@H]1[C@H](O)[C@@H](COP(=O)(O)O)O[C@H]1n1cc(C)c(=O)[nH]c1=O. The molecule has 4 atom stereocenters. The Bertz CT molecular complexity index is 771. The summed E-state index contributed by atoms with van der Waals surface area (Å²) in [7, 11) is -4.78. The topological polar surface area (TPSA) is 170 Å². The Morgan fingerprint density at radius 1 is 1.38 bits per heavy atom. The lowest BCUT2D eigenvalue weighted by molar-refractivity contribution is -0.138. The molecule has 2 rings (SSSR count). The summed E-state index contributed by atoms with van der Waals surface area (Å²) in [5, 5.41) is 10.4. The second kappa shape index (κ2) is 8.55. The number of nitrogens with one attached hydrogen (secondary N) is 1. The first kappa shape index (κ1) is 20.9. The first-order chi connectivity index (χ1) is 12.1. The number of aromatic amines is 1. The number of H-pyrrole nitrogens is 1. The van der Waals surface area contributed by atoms with E-state index in [2.05, 4.69) is 9.51 Å². The van der Waals surface area contributed by atoms with Gasteiger partial charge in [-0.15, -0.1) is 0 Å². The lowest BCUT2D eigenvalue weighted by Gasteiger charge is -2.22. The molecule has 0 spiro atoms. The van der Waals surface area contributed by atoms with Gasteiger partial charge >= 0.3 is 13.5 Å². The van der Waals surface area contributed by atoms with Gasteiger partial charge in [-0.2, -0.15) is 0 Å². The zero-order valence-corrected chi connectivity index (χ0v) is 15.0. The van der Waals surface area contributed by atoms with Crippen LogP contribution in [0.25, 0.3) is 0 Å². The summed E-state index contributed by atoms with van der Waals surface area (Å²) < 4.78 is 32.2. The highest BCUT2D eigenvalue weighted by atomic mass is 31.2. The standard InChI is InChI=1S/C13H21N2O10P/c1-3-22-6-23-10-9(16)8(5-24-26(19,20)21)25-12(10)15-4-7(2)11(17)14-13(15)18/h4,8-10,12,16H,3,5-6H2,1-2H3,(H,14,17,18)(H2,19,20,21)/t8-,9-,10-,12-/m1/s1. The molecule has 4 N–H and O–H groups in total. The minimum atomic E-state index is -4.78. The largest absolute Gasteiger partial charge is 0.469 e. The predicted molar refractivity (Wildman–Crippen MR) is 85.3 cm³/mol. The summed E-state index contributed by atoms with van der Waals surface area (Å²) in [5.41, 5.74) is -1.14. The molecule has 0 amide bonds. The molecule has 1 aliphatic heterocycles. The third-order valence-electron chi connectivity index (χ3n) is 3.69. The van der Waals surface area contributed by atoms with Gasteiger partial charge in [-0.25, -0.2) is 9.36 Å². The number of nitrogens with zero attached hydrogens (tertiary/aromatic N) is 1. The molecule has 1 fully saturated rings. The summed E-state index contributed by atoms with van der Waals surface area (Å²) in [6, 6.07) is 0. The third-order valence-corrected chi connectivity index (χ3v) is 4.17. The molecule has 0 aromatic carbocycles. The minimum Gasteiger partial charge on any atom is -0.387 e. The van der Waals surface area contributed by atoms with E-state index < -0.39 is 50.2 Å². The van der Waals surface area contributed by atoms with Crippen molar-refractivity contribution in [3.63, 3.8) is 0 Å². The van der Waals surface area contributed by atoms with E-state index in [1.54, 1.807) is 6.92 Å². The maximum Gasteiger partial charge on any atom is 0.469 e. The van der Waals surface area contributed by atoms with Crippen LogP contribution < -0.4 is 11.2 Å². The molecule has 13 heteroatoms. The van der Waals surface area contributed by atoms with Gasteiger partial charge in [-0.3, -0.25) is 18.9 Å². The second-order valence-electron chi connectivity index (χ2n) is 5.56. The number of aliphatic hydroxyl groups is 1. The van der Waals surface area contributed by atoms with Crippen molar-refractivity contribution in [1.82, 2.24) is 9.55 Å². The molecule has 12 nitrogen and oxygen atoms in total. The van der Waals surface area contributed by atoms with Crippen LogP contribution in [0.5, 0.6) is 0 Å². The van der Waals surface area contributed by atoms with E-state index in [1.165, 1.54) is 13.1 Å². The van der Waals surface area contributed by atoms with Crippen LogP contribution in [0.4, 0.5) is 0 Å². The number of aromatic nitrogens is 2. The molecule has 26 heavy (non-hydrogen) atoms. The van der Waals surface area contributed by atoms with Crippen molar-refractivity contribution in [2.24, 2.45) is 0 Å². The fraction of sp³-hybridized carbons (Fsp3) is 0.692. The smallest absolute Gasteiger partial charge is 0.387 e. The molecule has 1 saturated heterocycles. The summed E-state index contributed by atoms with van der Waals surface area (Å²) >= 11 is 0. The lowest BCUT2D eigenvalue weighted by atomic mass is 10.1. The van der Waals surface area contributed by atoms with Gasteiger partial charge in [-0.05, 0) is 13.8 Å². The normalized spacial score (nSPS) is 26.3. The number of hydrogen-bond donors (Lipinski definition) is 4. The number of phosphoric acid groups is 1. The molecule has 148 valence electrons. The third kappa shape index (κ3) is 5.09. The molecule has 0 aliphatic carbocycles. The van der Waals surface area contributed by atoms with Gasteiger partial charge in [0, 0.05) is 18.4 Å². The van der Waals surface area contributed by atoms with Crippen molar-refractivity contribution < 1.29 is 38.2 Å². The molecule has 0 radical (unpaired) electrons. The Hall–Kier alpha value is -1.37. The zero-order chi connectivity index (χ0) is 19.5. The van der Waals surface area contributed by atoms with Gasteiger partial charge < -0.3 is 29.1 Å². The van der Waals surface area contributed by atoms with Gasteiger partial charge in [-0.1, -0.05) is 0 Å². The Morgan fingerprint density at radius 2 is 2.08 bits per heavy atom. The maximum atomic E-state index is 12.1. The quantitative estimate of drug-likeness (QED) is 0.233. The van der Waals surface area contributed by atoms with E-state index in [9.17, 15) is 19.3 Å². The fourth-order valence-corrected chi connectivity index (χ4v) is 2.76. The van der Waals surface area contributed by atoms with E-state index in [1.807, 2.05) is 0 Å². The van der Waals surface area contributed by atoms with Crippen LogP contribution in [0.1, 0.15) is 18.7 Å². The highest BCUT2D eigenvalue weighted by Crippen LogP contribution is 2.38. The summed E-state index contributed by atoms with van der Waals surface area (Å²) in [6.45, 7) is 2.71. The molecule has 1 aromatic heterocycles. The average molecular weight is 396 g/mol. The van der Waals surface area contributed by atoms with Gasteiger partial charge in [0.1, 0.15) is 25.1 Å². The van der Waals surface area contributed by atoms with E-state index in [0.717, 1.165) is 4.57 Å². The molecule has 1 aliphatic rings. The van der Waals surface area contributed by atoms with Crippen LogP contribution in [-0.4, -0.2) is 62.8 Å². The summed E-state index contributed by atoms with van der Waals surface area (Å²) in [5.74, 6) is 0.